The lowest BCUT2D eigenvalue weighted by atomic mass is 10.1. The Morgan fingerprint density at radius 3 is 2.35 bits per heavy atom. The largest absolute Gasteiger partial charge is 0.542 e. The second-order valence-corrected chi connectivity index (χ2v) is 6.43. The first-order valence-electron chi connectivity index (χ1n) is 7.52. The zero-order valence-electron chi connectivity index (χ0n) is 14.2. The first-order chi connectivity index (χ1) is 11.9. The lowest BCUT2D eigenvalue weighted by Gasteiger charge is -2.27. The van der Waals surface area contributed by atoms with E-state index in [1.54, 1.807) is 0 Å². The van der Waals surface area contributed by atoms with E-state index >= 15 is 0 Å². The molecule has 0 aromatic heterocycles. The molecule has 26 heavy (non-hydrogen) atoms. The molecule has 2 rings (SSSR count). The molecule has 0 aromatic carbocycles. The van der Waals surface area contributed by atoms with Crippen LogP contribution >= 0.6 is 0 Å². The molecule has 0 amide bonds. The molecule has 4 atom stereocenters. The maximum absolute atomic E-state index is 11.9. The molecule has 2 heterocycles. The van der Waals surface area contributed by atoms with Gasteiger partial charge < -0.3 is 33.7 Å². The standard InChI is InChI=1S/C13H20NO5.C2HF3O2/c1-4-5-14(2,3)6-11(16)19-10-8-18-12-9(15)7-17-13(10)12;3-2(4,5)1(6)7/h1,9-10,12-13,15H,5-8H2,2-3H3;(H,6,7)/q+1;/p-1/t9-,10+,12-,13-;/m1./s1. The minimum Gasteiger partial charge on any atom is -0.542 e. The van der Waals surface area contributed by atoms with Crippen LogP contribution in [0, 0.1) is 12.3 Å². The van der Waals surface area contributed by atoms with Gasteiger partial charge in [-0.1, -0.05) is 0 Å². The molecule has 0 aliphatic carbocycles. The smallest absolute Gasteiger partial charge is 0.430 e. The summed E-state index contributed by atoms with van der Waals surface area (Å²) in [5.74, 6) is -0.809. The van der Waals surface area contributed by atoms with Gasteiger partial charge in [-0.15, -0.1) is 6.42 Å². The number of likely N-dealkylation sites (N-methyl/N-ethyl adjacent to an activating group) is 1. The third kappa shape index (κ3) is 6.45. The summed E-state index contributed by atoms with van der Waals surface area (Å²) in [5.41, 5.74) is 0. The van der Waals surface area contributed by atoms with Crippen LogP contribution in [-0.2, 0) is 23.8 Å². The number of nitrogens with zero attached hydrogens (tertiary/aromatic N) is 1. The molecule has 11 heteroatoms. The number of terminal acetylenes is 1. The molecule has 0 bridgehead atoms. The molecule has 0 unspecified atom stereocenters. The highest BCUT2D eigenvalue weighted by Crippen LogP contribution is 2.28. The van der Waals surface area contributed by atoms with E-state index in [9.17, 15) is 23.1 Å². The van der Waals surface area contributed by atoms with Crippen LogP contribution in [0.5, 0.6) is 0 Å². The Hall–Kier alpha value is -1.87. The molecule has 2 aliphatic rings. The number of carbonyl (C=O) groups excluding carboxylic acids is 2. The number of fused-ring (bicyclic) bond motifs is 1. The summed E-state index contributed by atoms with van der Waals surface area (Å²) in [6.07, 6.45) is -1.76. The number of carbonyl (C=O) groups is 2. The zero-order valence-corrected chi connectivity index (χ0v) is 14.2. The molecule has 0 radical (unpaired) electrons. The Morgan fingerprint density at radius 1 is 1.31 bits per heavy atom. The highest BCUT2D eigenvalue weighted by atomic mass is 19.4. The predicted molar refractivity (Wildman–Crippen MR) is 77.1 cm³/mol. The third-order valence-corrected chi connectivity index (χ3v) is 3.57. The Balaban J connectivity index is 0.000000412. The highest BCUT2D eigenvalue weighted by molar-refractivity contribution is 5.71. The summed E-state index contributed by atoms with van der Waals surface area (Å²) >= 11 is 0. The summed E-state index contributed by atoms with van der Waals surface area (Å²) < 4.78 is 48.1. The van der Waals surface area contributed by atoms with Crippen molar-refractivity contribution in [2.45, 2.75) is 30.6 Å². The van der Waals surface area contributed by atoms with E-state index in [1.807, 2.05) is 14.1 Å². The molecule has 1 N–H and O–H groups in total. The van der Waals surface area contributed by atoms with Crippen LogP contribution in [0.15, 0.2) is 0 Å². The second kappa shape index (κ2) is 8.68. The van der Waals surface area contributed by atoms with Crippen molar-refractivity contribution in [1.82, 2.24) is 0 Å². The van der Waals surface area contributed by atoms with Gasteiger partial charge in [0.2, 0.25) is 0 Å². The van der Waals surface area contributed by atoms with Crippen molar-refractivity contribution in [1.29, 1.82) is 0 Å². The maximum atomic E-state index is 11.9. The third-order valence-electron chi connectivity index (χ3n) is 3.57. The van der Waals surface area contributed by atoms with E-state index in [2.05, 4.69) is 5.92 Å². The number of esters is 1. The molecule has 2 saturated heterocycles. The lowest BCUT2D eigenvalue weighted by molar-refractivity contribution is -0.875. The summed E-state index contributed by atoms with van der Waals surface area (Å²) in [6, 6.07) is 0. The SMILES string of the molecule is C#CC[N+](C)(C)CC(=O)O[C@H]1CO[C@H]2[C@@H]1OC[C@H]2O.O=C([O-])C(F)(F)F. The first kappa shape index (κ1) is 22.2. The fraction of sp³-hybridized carbons (Fsp3) is 0.733. The van der Waals surface area contributed by atoms with Crippen LogP contribution in [-0.4, -0.2) is 92.5 Å². The van der Waals surface area contributed by atoms with Crippen LogP contribution < -0.4 is 5.11 Å². The molecule has 0 aromatic rings. The van der Waals surface area contributed by atoms with Gasteiger partial charge in [0.1, 0.15) is 30.8 Å². The minimum absolute atomic E-state index is 0.195. The fourth-order valence-electron chi connectivity index (χ4n) is 2.40. The van der Waals surface area contributed by atoms with Crippen LogP contribution in [0.25, 0.3) is 0 Å². The van der Waals surface area contributed by atoms with Crippen LogP contribution in [0.2, 0.25) is 0 Å². The Kier molecular flexibility index (Phi) is 7.40. The van der Waals surface area contributed by atoms with Gasteiger partial charge in [-0.25, -0.2) is 4.79 Å². The Labute approximate surface area is 148 Å². The van der Waals surface area contributed by atoms with E-state index in [-0.39, 0.29) is 37.9 Å². The molecular formula is C15H20F3NO7. The van der Waals surface area contributed by atoms with Crippen molar-refractivity contribution in [3.8, 4) is 12.3 Å². The van der Waals surface area contributed by atoms with E-state index in [1.165, 1.54) is 0 Å². The number of aliphatic carboxylic acids is 1. The van der Waals surface area contributed by atoms with Crippen molar-refractivity contribution in [3.05, 3.63) is 0 Å². The number of rotatable bonds is 4. The van der Waals surface area contributed by atoms with Crippen LogP contribution in [0.3, 0.4) is 0 Å². The van der Waals surface area contributed by atoms with Crippen molar-refractivity contribution >= 4 is 11.9 Å². The molecule has 8 nitrogen and oxygen atoms in total. The number of carboxylic acid groups (broad SMARTS) is 1. The summed E-state index contributed by atoms with van der Waals surface area (Å²) in [4.78, 5) is 20.7. The van der Waals surface area contributed by atoms with Crippen molar-refractivity contribution in [2.75, 3.05) is 40.4 Å². The van der Waals surface area contributed by atoms with Gasteiger partial charge in [0.25, 0.3) is 0 Å². The molecule has 2 aliphatic heterocycles. The van der Waals surface area contributed by atoms with E-state index in [0.717, 1.165) is 0 Å². The summed E-state index contributed by atoms with van der Waals surface area (Å²) in [7, 11) is 3.73. The number of ether oxygens (including phenoxy) is 3. The average molecular weight is 383 g/mol. The quantitative estimate of drug-likeness (QED) is 0.342. The molecule has 0 spiro atoms. The Bertz CT molecular complexity index is 558. The number of halogens is 3. The van der Waals surface area contributed by atoms with E-state index in [4.69, 9.17) is 30.5 Å². The number of quaternary nitrogens is 1. The van der Waals surface area contributed by atoms with E-state index < -0.39 is 24.4 Å². The van der Waals surface area contributed by atoms with E-state index in [0.29, 0.717) is 11.0 Å². The fourth-order valence-corrected chi connectivity index (χ4v) is 2.40. The van der Waals surface area contributed by atoms with Gasteiger partial charge in [-0.3, -0.25) is 0 Å². The van der Waals surface area contributed by atoms with Crippen molar-refractivity contribution < 1.29 is 51.7 Å². The first-order valence-corrected chi connectivity index (χ1v) is 7.52. The summed E-state index contributed by atoms with van der Waals surface area (Å²) in [5, 5.41) is 18.4. The molecular weight excluding hydrogens is 363 g/mol. The molecule has 2 fully saturated rings. The number of aliphatic hydroxyl groups is 1. The number of hydrogen-bond acceptors (Lipinski definition) is 7. The monoisotopic (exact) mass is 383 g/mol. The predicted octanol–water partition coefficient (Wildman–Crippen LogP) is -1.94. The van der Waals surface area contributed by atoms with Gasteiger partial charge in [0, 0.05) is 0 Å². The maximum Gasteiger partial charge on any atom is 0.430 e. The van der Waals surface area contributed by atoms with Gasteiger partial charge in [0.05, 0.1) is 27.3 Å². The number of alkyl halides is 3. The minimum atomic E-state index is -5.19. The second-order valence-electron chi connectivity index (χ2n) is 6.43. The molecule has 0 saturated carbocycles. The molecule has 148 valence electrons. The highest BCUT2D eigenvalue weighted by Gasteiger charge is 2.49. The van der Waals surface area contributed by atoms with Crippen LogP contribution in [0.4, 0.5) is 13.2 Å². The van der Waals surface area contributed by atoms with Crippen molar-refractivity contribution in [2.24, 2.45) is 0 Å². The van der Waals surface area contributed by atoms with Crippen molar-refractivity contribution in [3.63, 3.8) is 0 Å². The normalized spacial score (nSPS) is 27.7. The summed E-state index contributed by atoms with van der Waals surface area (Å²) in [6.45, 7) is 1.14. The topological polar surface area (TPSA) is 105 Å². The number of carboxylic acids is 1. The number of aliphatic hydroxyl groups excluding tert-OH is 1. The van der Waals surface area contributed by atoms with Gasteiger partial charge >= 0.3 is 12.1 Å². The average Bonchev–Trinajstić information content (AvgIpc) is 3.02. The number of hydrogen-bond donors (Lipinski definition) is 1. The van der Waals surface area contributed by atoms with Gasteiger partial charge in [-0.2, -0.15) is 13.2 Å². The van der Waals surface area contributed by atoms with Gasteiger partial charge in [0.15, 0.2) is 12.6 Å². The lowest BCUT2D eigenvalue weighted by Crippen LogP contribution is -2.46. The van der Waals surface area contributed by atoms with Crippen LogP contribution in [0.1, 0.15) is 0 Å². The Morgan fingerprint density at radius 2 is 1.85 bits per heavy atom. The van der Waals surface area contributed by atoms with Gasteiger partial charge in [-0.05, 0) is 5.92 Å². The zero-order chi connectivity index (χ0) is 20.1.